The summed E-state index contributed by atoms with van der Waals surface area (Å²) >= 11 is 7.04. The topological polar surface area (TPSA) is 21.3 Å². The van der Waals surface area contributed by atoms with Crippen LogP contribution >= 0.6 is 31.9 Å². The minimum atomic E-state index is 0.235. The van der Waals surface area contributed by atoms with Gasteiger partial charge >= 0.3 is 0 Å². The van der Waals surface area contributed by atoms with Crippen LogP contribution in [0.25, 0.3) is 0 Å². The van der Waals surface area contributed by atoms with E-state index in [1.54, 1.807) is 0 Å². The van der Waals surface area contributed by atoms with Crippen molar-refractivity contribution in [1.29, 1.82) is 0 Å². The predicted octanol–water partition coefficient (Wildman–Crippen LogP) is 3.90. The molecule has 1 aliphatic rings. The van der Waals surface area contributed by atoms with Gasteiger partial charge in [-0.15, -0.1) is 0 Å². The lowest BCUT2D eigenvalue weighted by molar-refractivity contribution is 0.0906. The molecule has 0 amide bonds. The van der Waals surface area contributed by atoms with E-state index in [-0.39, 0.29) is 6.10 Å². The van der Waals surface area contributed by atoms with Crippen LogP contribution in [0.4, 0.5) is 0 Å². The standard InChI is InChI=1S/C13H17Br2NO/c1-2-16-8-10-5-6-17-13(10)9-3-4-11(14)12(15)7-9/h3-4,7,10,13,16H,2,5-6,8H2,1H3. The van der Waals surface area contributed by atoms with Crippen molar-refractivity contribution >= 4 is 31.9 Å². The lowest BCUT2D eigenvalue weighted by Gasteiger charge is -2.19. The summed E-state index contributed by atoms with van der Waals surface area (Å²) in [5, 5.41) is 3.41. The van der Waals surface area contributed by atoms with E-state index in [1.807, 2.05) is 0 Å². The van der Waals surface area contributed by atoms with Gasteiger partial charge in [-0.2, -0.15) is 0 Å². The summed E-state index contributed by atoms with van der Waals surface area (Å²) < 4.78 is 8.04. The van der Waals surface area contributed by atoms with Crippen LogP contribution in [0.15, 0.2) is 27.1 Å². The maximum Gasteiger partial charge on any atom is 0.0866 e. The largest absolute Gasteiger partial charge is 0.373 e. The second-order valence-electron chi connectivity index (χ2n) is 4.32. The fourth-order valence-electron chi connectivity index (χ4n) is 2.23. The summed E-state index contributed by atoms with van der Waals surface area (Å²) in [6, 6.07) is 6.37. The molecule has 0 saturated carbocycles. The third-order valence-corrected chi connectivity index (χ3v) is 5.02. The highest BCUT2D eigenvalue weighted by molar-refractivity contribution is 9.13. The van der Waals surface area contributed by atoms with E-state index in [0.29, 0.717) is 5.92 Å². The molecule has 94 valence electrons. The van der Waals surface area contributed by atoms with Gasteiger partial charge in [0.25, 0.3) is 0 Å². The average Bonchev–Trinajstić information content (AvgIpc) is 2.78. The Bertz CT molecular complexity index is 384. The van der Waals surface area contributed by atoms with Crippen LogP contribution in [-0.2, 0) is 4.74 Å². The molecule has 1 aromatic carbocycles. The molecule has 4 heteroatoms. The predicted molar refractivity (Wildman–Crippen MR) is 77.2 cm³/mol. The van der Waals surface area contributed by atoms with E-state index in [9.17, 15) is 0 Å². The Labute approximate surface area is 119 Å². The maximum atomic E-state index is 5.87. The molecule has 2 nitrogen and oxygen atoms in total. The van der Waals surface area contributed by atoms with Gasteiger partial charge in [-0.3, -0.25) is 0 Å². The monoisotopic (exact) mass is 361 g/mol. The van der Waals surface area contributed by atoms with Crippen molar-refractivity contribution in [3.63, 3.8) is 0 Å². The molecule has 17 heavy (non-hydrogen) atoms. The van der Waals surface area contributed by atoms with Crippen molar-refractivity contribution < 1.29 is 4.74 Å². The SMILES string of the molecule is CCNCC1CCOC1c1ccc(Br)c(Br)c1. The number of nitrogens with one attached hydrogen (secondary N) is 1. The minimum absolute atomic E-state index is 0.235. The molecule has 1 heterocycles. The van der Waals surface area contributed by atoms with Crippen molar-refractivity contribution in [3.8, 4) is 0 Å². The Balaban J connectivity index is 2.11. The van der Waals surface area contributed by atoms with Crippen LogP contribution in [-0.4, -0.2) is 19.7 Å². The van der Waals surface area contributed by atoms with Gasteiger partial charge in [0.2, 0.25) is 0 Å². The highest BCUT2D eigenvalue weighted by atomic mass is 79.9. The molecular formula is C13H17Br2NO. The number of halogens is 2. The van der Waals surface area contributed by atoms with Gasteiger partial charge in [-0.1, -0.05) is 13.0 Å². The first-order valence-electron chi connectivity index (χ1n) is 5.99. The fourth-order valence-corrected chi connectivity index (χ4v) is 2.87. The number of ether oxygens (including phenoxy) is 1. The van der Waals surface area contributed by atoms with Crippen LogP contribution in [0.2, 0.25) is 0 Å². The molecule has 1 fully saturated rings. The molecule has 1 N–H and O–H groups in total. The van der Waals surface area contributed by atoms with Crippen molar-refractivity contribution in [1.82, 2.24) is 5.32 Å². The van der Waals surface area contributed by atoms with Gasteiger partial charge in [-0.05, 0) is 62.5 Å². The summed E-state index contributed by atoms with van der Waals surface area (Å²) in [5.41, 5.74) is 1.26. The first-order chi connectivity index (χ1) is 8.22. The molecule has 0 aliphatic carbocycles. The Morgan fingerprint density at radius 2 is 2.18 bits per heavy atom. The first kappa shape index (κ1) is 13.5. The van der Waals surface area contributed by atoms with Crippen LogP contribution < -0.4 is 5.32 Å². The fraction of sp³-hybridized carbons (Fsp3) is 0.538. The van der Waals surface area contributed by atoms with Crippen molar-refractivity contribution in [2.24, 2.45) is 5.92 Å². The number of hydrogen-bond acceptors (Lipinski definition) is 2. The van der Waals surface area contributed by atoms with Gasteiger partial charge in [0.1, 0.15) is 0 Å². The summed E-state index contributed by atoms with van der Waals surface area (Å²) in [5.74, 6) is 0.586. The van der Waals surface area contributed by atoms with E-state index >= 15 is 0 Å². The van der Waals surface area contributed by atoms with Crippen LogP contribution in [0, 0.1) is 5.92 Å². The van der Waals surface area contributed by atoms with Crippen molar-refractivity contribution in [2.75, 3.05) is 19.7 Å². The van der Waals surface area contributed by atoms with E-state index < -0.39 is 0 Å². The lowest BCUT2D eigenvalue weighted by atomic mass is 9.95. The molecule has 1 aliphatic heterocycles. The molecule has 0 radical (unpaired) electrons. The molecule has 2 rings (SSSR count). The average molecular weight is 363 g/mol. The Morgan fingerprint density at radius 3 is 2.88 bits per heavy atom. The van der Waals surface area contributed by atoms with Gasteiger partial charge < -0.3 is 10.1 Å². The summed E-state index contributed by atoms with van der Waals surface area (Å²) in [6.45, 7) is 5.07. The second kappa shape index (κ2) is 6.32. The Hall–Kier alpha value is 0.1000. The molecule has 2 unspecified atom stereocenters. The molecule has 0 spiro atoms. The Morgan fingerprint density at radius 1 is 1.35 bits per heavy atom. The highest BCUT2D eigenvalue weighted by Crippen LogP contribution is 2.36. The van der Waals surface area contributed by atoms with Gasteiger partial charge in [0.05, 0.1) is 6.10 Å². The molecule has 0 aromatic heterocycles. The summed E-state index contributed by atoms with van der Waals surface area (Å²) in [7, 11) is 0. The maximum absolute atomic E-state index is 5.87. The smallest absolute Gasteiger partial charge is 0.0866 e. The zero-order chi connectivity index (χ0) is 12.3. The third kappa shape index (κ3) is 3.31. The first-order valence-corrected chi connectivity index (χ1v) is 7.58. The number of benzene rings is 1. The summed E-state index contributed by atoms with van der Waals surface area (Å²) in [6.07, 6.45) is 1.38. The summed E-state index contributed by atoms with van der Waals surface area (Å²) in [4.78, 5) is 0. The zero-order valence-corrected chi connectivity index (χ0v) is 13.1. The molecule has 2 atom stereocenters. The van der Waals surface area contributed by atoms with Gasteiger partial charge in [-0.25, -0.2) is 0 Å². The van der Waals surface area contributed by atoms with Crippen molar-refractivity contribution in [2.45, 2.75) is 19.4 Å². The van der Waals surface area contributed by atoms with Crippen LogP contribution in [0.1, 0.15) is 25.0 Å². The molecule has 1 aromatic rings. The van der Waals surface area contributed by atoms with E-state index in [1.165, 1.54) is 5.56 Å². The molecule has 0 bridgehead atoms. The van der Waals surface area contributed by atoms with E-state index in [0.717, 1.165) is 35.1 Å². The van der Waals surface area contributed by atoms with E-state index in [2.05, 4.69) is 62.3 Å². The van der Waals surface area contributed by atoms with E-state index in [4.69, 9.17) is 4.74 Å². The second-order valence-corrected chi connectivity index (χ2v) is 6.03. The highest BCUT2D eigenvalue weighted by Gasteiger charge is 2.29. The molecular weight excluding hydrogens is 346 g/mol. The van der Waals surface area contributed by atoms with Crippen molar-refractivity contribution in [3.05, 3.63) is 32.7 Å². The third-order valence-electron chi connectivity index (χ3n) is 3.14. The molecule has 1 saturated heterocycles. The van der Waals surface area contributed by atoms with Crippen LogP contribution in [0.3, 0.4) is 0 Å². The normalized spacial score (nSPS) is 24.2. The Kier molecular flexibility index (Phi) is 5.03. The quantitative estimate of drug-likeness (QED) is 0.876. The lowest BCUT2D eigenvalue weighted by Crippen LogP contribution is -2.24. The minimum Gasteiger partial charge on any atom is -0.373 e. The van der Waals surface area contributed by atoms with Crippen LogP contribution in [0.5, 0.6) is 0 Å². The van der Waals surface area contributed by atoms with Gasteiger partial charge in [0.15, 0.2) is 0 Å². The zero-order valence-electron chi connectivity index (χ0n) is 9.88. The number of rotatable bonds is 4. The number of hydrogen-bond donors (Lipinski definition) is 1. The van der Waals surface area contributed by atoms with Gasteiger partial charge in [0, 0.05) is 28.0 Å².